The van der Waals surface area contributed by atoms with Crippen LogP contribution in [0.1, 0.15) is 61.0 Å². The Morgan fingerprint density at radius 1 is 0.568 bits per heavy atom. The molecule has 0 radical (unpaired) electrons. The SMILES string of the molecule is Nc1ccnc(C(F)(F)F)c1-c1ccc(C23CC4CC(C2)CC(c2ccc(-c5c(N)ccnc5C(F)(F)F)cc2)(C4)C3)cc1. The van der Waals surface area contributed by atoms with E-state index in [1.165, 1.54) is 12.1 Å². The number of hydrogen-bond donors (Lipinski definition) is 2. The molecule has 0 saturated heterocycles. The summed E-state index contributed by atoms with van der Waals surface area (Å²) in [6, 6.07) is 17.4. The number of alkyl halides is 6. The third-order valence-corrected chi connectivity index (χ3v) is 10.1. The van der Waals surface area contributed by atoms with Gasteiger partial charge >= 0.3 is 12.4 Å². The van der Waals surface area contributed by atoms with Gasteiger partial charge < -0.3 is 11.5 Å². The minimum absolute atomic E-state index is 0.0210. The lowest BCUT2D eigenvalue weighted by Crippen LogP contribution is -2.55. The van der Waals surface area contributed by atoms with Crippen molar-refractivity contribution >= 4 is 11.4 Å². The van der Waals surface area contributed by atoms with Crippen LogP contribution < -0.4 is 11.5 Å². The van der Waals surface area contributed by atoms with Crippen molar-refractivity contribution in [3.8, 4) is 22.3 Å². The second-order valence-corrected chi connectivity index (χ2v) is 12.9. The Balaban J connectivity index is 1.23. The van der Waals surface area contributed by atoms with Gasteiger partial charge in [-0.1, -0.05) is 48.5 Å². The van der Waals surface area contributed by atoms with Gasteiger partial charge in [-0.25, -0.2) is 0 Å². The summed E-state index contributed by atoms with van der Waals surface area (Å²) in [6.45, 7) is 0. The van der Waals surface area contributed by atoms with Crippen molar-refractivity contribution < 1.29 is 26.3 Å². The number of nitrogens with two attached hydrogens (primary N) is 2. The summed E-state index contributed by atoms with van der Waals surface area (Å²) in [7, 11) is 0. The summed E-state index contributed by atoms with van der Waals surface area (Å²) in [6.07, 6.45) is -1.10. The van der Waals surface area contributed by atoms with Gasteiger partial charge in [-0.3, -0.25) is 9.97 Å². The first kappa shape index (κ1) is 28.7. The average Bonchev–Trinajstić information content (AvgIpc) is 2.95. The predicted molar refractivity (Wildman–Crippen MR) is 156 cm³/mol. The second-order valence-electron chi connectivity index (χ2n) is 12.9. The number of hydrogen-bond acceptors (Lipinski definition) is 4. The van der Waals surface area contributed by atoms with Gasteiger partial charge in [-0.15, -0.1) is 0 Å². The Morgan fingerprint density at radius 3 is 1.27 bits per heavy atom. The average molecular weight is 609 g/mol. The molecule has 0 spiro atoms. The summed E-state index contributed by atoms with van der Waals surface area (Å²) in [5.41, 5.74) is 12.5. The number of benzene rings is 2. The zero-order chi connectivity index (χ0) is 31.1. The van der Waals surface area contributed by atoms with Gasteiger partial charge in [-0.2, -0.15) is 26.3 Å². The van der Waals surface area contributed by atoms with Crippen LogP contribution in [0, 0.1) is 11.8 Å². The highest BCUT2D eigenvalue weighted by molar-refractivity contribution is 5.79. The van der Waals surface area contributed by atoms with Crippen LogP contribution in [-0.2, 0) is 23.2 Å². The van der Waals surface area contributed by atoms with E-state index in [2.05, 4.69) is 9.97 Å². The molecule has 2 heterocycles. The standard InChI is InChI=1S/C34H30F6N4/c35-33(36,37)29-27(25(41)9-11-43-29)21-1-5-23(6-2-21)31-14-19-13-20(15-31)17-32(16-19,18-31)24-7-3-22(4-8-24)28-26(42)10-12-44-30(28)34(38,39)40/h1-12,19-20H,13-18H2,(H2,41,43)(H2,42,44). The number of rotatable bonds is 4. The number of halogens is 6. The van der Waals surface area contributed by atoms with E-state index in [1.807, 2.05) is 24.3 Å². The molecule has 8 rings (SSSR count). The molecule has 4 fully saturated rings. The minimum atomic E-state index is -4.64. The Hall–Kier alpha value is -4.08. The Bertz CT molecular complexity index is 1590. The highest BCUT2D eigenvalue weighted by Crippen LogP contribution is 2.66. The van der Waals surface area contributed by atoms with Crippen LogP contribution in [0.5, 0.6) is 0 Å². The van der Waals surface area contributed by atoms with E-state index in [-0.39, 0.29) is 33.3 Å². The van der Waals surface area contributed by atoms with Crippen LogP contribution in [0.25, 0.3) is 22.3 Å². The van der Waals surface area contributed by atoms with E-state index in [0.717, 1.165) is 62.0 Å². The number of pyridine rings is 2. The third-order valence-electron chi connectivity index (χ3n) is 10.1. The Kier molecular flexibility index (Phi) is 6.33. The zero-order valence-electron chi connectivity index (χ0n) is 23.6. The lowest BCUT2D eigenvalue weighted by Gasteiger charge is -2.63. The van der Waals surface area contributed by atoms with Crippen molar-refractivity contribution in [3.63, 3.8) is 0 Å². The van der Waals surface area contributed by atoms with Gasteiger partial charge in [0.05, 0.1) is 0 Å². The van der Waals surface area contributed by atoms with Gasteiger partial charge in [0.15, 0.2) is 11.4 Å². The normalized spacial score (nSPS) is 26.2. The van der Waals surface area contributed by atoms with Crippen molar-refractivity contribution in [1.82, 2.24) is 9.97 Å². The molecule has 2 aromatic carbocycles. The maximum Gasteiger partial charge on any atom is 0.434 e. The van der Waals surface area contributed by atoms with E-state index in [1.54, 1.807) is 24.3 Å². The molecule has 4 aliphatic rings. The molecule has 4 aliphatic carbocycles. The smallest absolute Gasteiger partial charge is 0.398 e. The molecule has 0 aliphatic heterocycles. The van der Waals surface area contributed by atoms with Crippen LogP contribution in [0.15, 0.2) is 73.1 Å². The molecule has 4 nitrogen and oxygen atoms in total. The zero-order valence-corrected chi connectivity index (χ0v) is 23.6. The summed E-state index contributed by atoms with van der Waals surface area (Å²) in [4.78, 5) is 7.17. The fourth-order valence-corrected chi connectivity index (χ4v) is 8.91. The van der Waals surface area contributed by atoms with Crippen molar-refractivity contribution in [2.45, 2.75) is 61.7 Å². The largest absolute Gasteiger partial charge is 0.434 e. The summed E-state index contributed by atoms with van der Waals surface area (Å²) < 4.78 is 82.4. The second kappa shape index (κ2) is 9.71. The lowest BCUT2D eigenvalue weighted by atomic mass is 9.41. The molecule has 4 aromatic rings. The number of anilines is 2. The fourth-order valence-electron chi connectivity index (χ4n) is 8.91. The minimum Gasteiger partial charge on any atom is -0.398 e. The van der Waals surface area contributed by atoms with Crippen LogP contribution in [0.4, 0.5) is 37.7 Å². The van der Waals surface area contributed by atoms with Crippen LogP contribution in [-0.4, -0.2) is 9.97 Å². The summed E-state index contributed by atoms with van der Waals surface area (Å²) >= 11 is 0. The van der Waals surface area contributed by atoms with Gasteiger partial charge in [0, 0.05) is 34.9 Å². The Morgan fingerprint density at radius 2 is 0.932 bits per heavy atom. The molecular weight excluding hydrogens is 578 g/mol. The molecular formula is C34H30F6N4. The molecule has 2 aromatic heterocycles. The van der Waals surface area contributed by atoms with E-state index < -0.39 is 23.7 Å². The molecule has 44 heavy (non-hydrogen) atoms. The molecule has 4 saturated carbocycles. The van der Waals surface area contributed by atoms with E-state index >= 15 is 0 Å². The topological polar surface area (TPSA) is 77.8 Å². The van der Waals surface area contributed by atoms with Crippen LogP contribution in [0.2, 0.25) is 0 Å². The van der Waals surface area contributed by atoms with Crippen molar-refractivity contribution in [2.75, 3.05) is 11.5 Å². The molecule has 228 valence electrons. The first-order valence-electron chi connectivity index (χ1n) is 14.6. The van der Waals surface area contributed by atoms with Crippen LogP contribution >= 0.6 is 0 Å². The van der Waals surface area contributed by atoms with Crippen molar-refractivity contribution in [3.05, 3.63) is 95.6 Å². The number of nitrogens with zero attached hydrogens (tertiary/aromatic N) is 2. The number of aromatic nitrogens is 2. The van der Waals surface area contributed by atoms with Gasteiger partial charge in [0.1, 0.15) is 0 Å². The number of nitrogen functional groups attached to an aromatic ring is 2. The first-order valence-corrected chi connectivity index (χ1v) is 14.6. The quantitative estimate of drug-likeness (QED) is 0.227. The molecule has 4 bridgehead atoms. The van der Waals surface area contributed by atoms with Crippen molar-refractivity contribution in [1.29, 1.82) is 0 Å². The molecule has 0 atom stereocenters. The van der Waals surface area contributed by atoms with Gasteiger partial charge in [0.25, 0.3) is 0 Å². The van der Waals surface area contributed by atoms with Gasteiger partial charge in [-0.05, 0) is 95.6 Å². The first-order chi connectivity index (χ1) is 20.8. The summed E-state index contributed by atoms with van der Waals surface area (Å²) in [5.74, 6) is 0.986. The Labute approximate surface area is 250 Å². The van der Waals surface area contributed by atoms with E-state index in [0.29, 0.717) is 23.0 Å². The van der Waals surface area contributed by atoms with Crippen LogP contribution in [0.3, 0.4) is 0 Å². The third kappa shape index (κ3) is 4.61. The molecule has 0 unspecified atom stereocenters. The highest BCUT2D eigenvalue weighted by atomic mass is 19.4. The highest BCUT2D eigenvalue weighted by Gasteiger charge is 2.58. The molecule has 0 amide bonds. The van der Waals surface area contributed by atoms with E-state index in [9.17, 15) is 26.3 Å². The van der Waals surface area contributed by atoms with Gasteiger partial charge in [0.2, 0.25) is 0 Å². The predicted octanol–water partition coefficient (Wildman–Crippen LogP) is 8.80. The van der Waals surface area contributed by atoms with Crippen molar-refractivity contribution in [2.24, 2.45) is 11.8 Å². The monoisotopic (exact) mass is 608 g/mol. The maximum absolute atomic E-state index is 13.7. The van der Waals surface area contributed by atoms with E-state index in [4.69, 9.17) is 11.5 Å². The molecule has 10 heteroatoms. The lowest BCUT2D eigenvalue weighted by molar-refractivity contribution is -0.141. The molecule has 4 N–H and O–H groups in total. The maximum atomic E-state index is 13.7. The summed E-state index contributed by atoms with van der Waals surface area (Å²) in [5, 5.41) is 0. The fraction of sp³-hybridized carbons (Fsp3) is 0.353.